The van der Waals surface area contributed by atoms with Crippen LogP contribution in [0.3, 0.4) is 0 Å². The molecule has 0 aromatic heterocycles. The van der Waals surface area contributed by atoms with Crippen LogP contribution in [0.15, 0.2) is 0 Å². The molecule has 0 N–H and O–H groups in total. The number of rotatable bonds is 4. The maximum Gasteiger partial charge on any atom is -1.00 e. The zero-order chi connectivity index (χ0) is 5.54. The summed E-state index contributed by atoms with van der Waals surface area (Å²) in [4.78, 5) is 3.16. The minimum absolute atomic E-state index is 0. The summed E-state index contributed by atoms with van der Waals surface area (Å²) in [5.74, 6) is 0. The SMILES string of the molecule is CC[CH2][Ga+][CH2]CC.[H-]. The minimum Gasteiger partial charge on any atom is -1.00 e. The van der Waals surface area contributed by atoms with E-state index in [1.807, 2.05) is 0 Å². The third-order valence-corrected chi connectivity index (χ3v) is 5.12. The van der Waals surface area contributed by atoms with Gasteiger partial charge < -0.3 is 1.43 Å². The zero-order valence-electron chi connectivity index (χ0n) is 6.41. The zero-order valence-corrected chi connectivity index (χ0v) is 7.83. The minimum atomic E-state index is 0. The van der Waals surface area contributed by atoms with Crippen LogP contribution in [0.1, 0.15) is 28.1 Å². The molecule has 0 aromatic rings. The molecule has 0 aliphatic carbocycles. The van der Waals surface area contributed by atoms with Crippen molar-refractivity contribution < 1.29 is 1.43 Å². The first-order valence-corrected chi connectivity index (χ1v) is 6.66. The van der Waals surface area contributed by atoms with Gasteiger partial charge in [0.1, 0.15) is 0 Å². The summed E-state index contributed by atoms with van der Waals surface area (Å²) in [5, 5.41) is 0. The van der Waals surface area contributed by atoms with Gasteiger partial charge in [-0.1, -0.05) is 0 Å². The Morgan fingerprint density at radius 3 is 1.86 bits per heavy atom. The molecule has 7 heavy (non-hydrogen) atoms. The van der Waals surface area contributed by atoms with Gasteiger partial charge in [-0.2, -0.15) is 0 Å². The first kappa shape index (κ1) is 7.64. The monoisotopic (exact) mass is 156 g/mol. The second-order valence-electron chi connectivity index (χ2n) is 1.87. The second-order valence-corrected chi connectivity index (χ2v) is 5.50. The molecule has 0 saturated heterocycles. The predicted octanol–water partition coefficient (Wildman–Crippen LogP) is 2.46. The summed E-state index contributed by atoms with van der Waals surface area (Å²) >= 11 is 0.283. The standard InChI is InChI=1S/2C3H7.Ga.H/c2*1-3-2;;/h2*1,3H2,2H3;;/q;;+1;-1. The molecular weight excluding hydrogens is 142 g/mol. The summed E-state index contributed by atoms with van der Waals surface area (Å²) in [5.41, 5.74) is 0. The number of hydrogen-bond acceptors (Lipinski definition) is 0. The van der Waals surface area contributed by atoms with Crippen molar-refractivity contribution in [1.82, 2.24) is 0 Å². The van der Waals surface area contributed by atoms with E-state index in [0.717, 1.165) is 0 Å². The summed E-state index contributed by atoms with van der Waals surface area (Å²) in [6, 6.07) is 0. The molecule has 0 unspecified atom stereocenters. The first-order chi connectivity index (χ1) is 3.41. The molecule has 0 atom stereocenters. The van der Waals surface area contributed by atoms with Crippen molar-refractivity contribution in [3.8, 4) is 0 Å². The Morgan fingerprint density at radius 1 is 1.14 bits per heavy atom. The number of hydrogen-bond donors (Lipinski definition) is 0. The van der Waals surface area contributed by atoms with E-state index in [1.54, 1.807) is 9.95 Å². The third-order valence-electron chi connectivity index (χ3n) is 0.986. The van der Waals surface area contributed by atoms with Crippen LogP contribution >= 0.6 is 0 Å². The maximum absolute atomic E-state index is 2.28. The van der Waals surface area contributed by atoms with Gasteiger partial charge in [-0.3, -0.25) is 0 Å². The molecule has 0 nitrogen and oxygen atoms in total. The van der Waals surface area contributed by atoms with Crippen LogP contribution in [0.25, 0.3) is 0 Å². The topological polar surface area (TPSA) is 0 Å². The van der Waals surface area contributed by atoms with Crippen molar-refractivity contribution in [1.29, 1.82) is 0 Å². The van der Waals surface area contributed by atoms with Crippen molar-refractivity contribution in [2.24, 2.45) is 0 Å². The Kier molecular flexibility index (Phi) is 7.24. The van der Waals surface area contributed by atoms with Crippen molar-refractivity contribution in [3.05, 3.63) is 0 Å². The van der Waals surface area contributed by atoms with Crippen molar-refractivity contribution in [3.63, 3.8) is 0 Å². The van der Waals surface area contributed by atoms with Crippen molar-refractivity contribution in [2.45, 2.75) is 36.6 Å². The average molecular weight is 157 g/mol. The van der Waals surface area contributed by atoms with E-state index in [-0.39, 0.29) is 18.8 Å². The molecule has 0 saturated carbocycles. The average Bonchev–Trinajstić information content (AvgIpc) is 1.69. The summed E-state index contributed by atoms with van der Waals surface area (Å²) < 4.78 is 0. The van der Waals surface area contributed by atoms with Crippen LogP contribution in [-0.4, -0.2) is 17.4 Å². The molecule has 0 aliphatic rings. The normalized spacial score (nSPS) is 8.29. The van der Waals surface area contributed by atoms with Gasteiger partial charge in [-0.25, -0.2) is 0 Å². The first-order valence-electron chi connectivity index (χ1n) is 3.23. The van der Waals surface area contributed by atoms with E-state index in [2.05, 4.69) is 13.8 Å². The van der Waals surface area contributed by atoms with Crippen LogP contribution in [-0.2, 0) is 0 Å². The van der Waals surface area contributed by atoms with E-state index in [1.165, 1.54) is 12.8 Å². The molecule has 0 bridgehead atoms. The fraction of sp³-hybridized carbons (Fsp3) is 1.00. The van der Waals surface area contributed by atoms with Gasteiger partial charge in [0.25, 0.3) is 0 Å². The fourth-order valence-electron chi connectivity index (χ4n) is 0.553. The van der Waals surface area contributed by atoms with E-state index in [9.17, 15) is 0 Å². The van der Waals surface area contributed by atoms with Gasteiger partial charge in [0.15, 0.2) is 0 Å². The molecule has 0 fully saturated rings. The van der Waals surface area contributed by atoms with Gasteiger partial charge >= 0.3 is 54.0 Å². The Bertz CT molecular complexity index is 27.7. The molecule has 42 valence electrons. The summed E-state index contributed by atoms with van der Waals surface area (Å²) in [6.45, 7) is 4.57. The Labute approximate surface area is 56.0 Å². The summed E-state index contributed by atoms with van der Waals surface area (Å²) in [6.07, 6.45) is 2.86. The fourth-order valence-corrected chi connectivity index (χ4v) is 2.87. The van der Waals surface area contributed by atoms with Gasteiger partial charge in [0.2, 0.25) is 0 Å². The second kappa shape index (κ2) is 6.64. The van der Waals surface area contributed by atoms with E-state index in [4.69, 9.17) is 0 Å². The van der Waals surface area contributed by atoms with Crippen molar-refractivity contribution >= 4 is 17.4 Å². The smallest absolute Gasteiger partial charge is 1.00 e. The van der Waals surface area contributed by atoms with Crippen LogP contribution in [0, 0.1) is 0 Å². The van der Waals surface area contributed by atoms with Crippen LogP contribution in [0.4, 0.5) is 0 Å². The Hall–Kier alpha value is 0.636. The van der Waals surface area contributed by atoms with Crippen LogP contribution < -0.4 is 0 Å². The van der Waals surface area contributed by atoms with Crippen LogP contribution in [0.5, 0.6) is 0 Å². The molecule has 0 rings (SSSR count). The van der Waals surface area contributed by atoms with Crippen molar-refractivity contribution in [2.75, 3.05) is 0 Å². The van der Waals surface area contributed by atoms with E-state index >= 15 is 0 Å². The molecule has 0 heterocycles. The largest absolute Gasteiger partial charge is 1.00 e. The predicted molar refractivity (Wildman–Crippen MR) is 37.1 cm³/mol. The quantitative estimate of drug-likeness (QED) is 0.434. The molecule has 0 spiro atoms. The Morgan fingerprint density at radius 2 is 1.57 bits per heavy atom. The summed E-state index contributed by atoms with van der Waals surface area (Å²) in [7, 11) is 0. The molecule has 0 amide bonds. The van der Waals surface area contributed by atoms with E-state index in [0.29, 0.717) is 0 Å². The Balaban J connectivity index is 0. The molecule has 0 aromatic carbocycles. The molecular formula is C6H15Ga. The van der Waals surface area contributed by atoms with E-state index < -0.39 is 0 Å². The molecule has 1 heteroatoms. The molecule has 0 aliphatic heterocycles. The van der Waals surface area contributed by atoms with Gasteiger partial charge in [-0.15, -0.1) is 0 Å². The van der Waals surface area contributed by atoms with Gasteiger partial charge in [0, 0.05) is 0 Å². The van der Waals surface area contributed by atoms with Gasteiger partial charge in [0.05, 0.1) is 0 Å². The third kappa shape index (κ3) is 6.64. The molecule has 0 radical (unpaired) electrons. The maximum atomic E-state index is 2.28. The van der Waals surface area contributed by atoms with Crippen LogP contribution in [0.2, 0.25) is 9.95 Å². The van der Waals surface area contributed by atoms with Gasteiger partial charge in [-0.05, 0) is 0 Å².